The number of rotatable bonds is 7. The van der Waals surface area contributed by atoms with Crippen molar-refractivity contribution in [2.75, 3.05) is 44.7 Å². The first kappa shape index (κ1) is 19.2. The van der Waals surface area contributed by atoms with E-state index in [-0.39, 0.29) is 0 Å². The fourth-order valence-corrected chi connectivity index (χ4v) is 5.87. The number of pyridine rings is 1. The second kappa shape index (κ2) is 8.50. The lowest BCUT2D eigenvalue weighted by molar-refractivity contribution is -0.906. The minimum Gasteiger partial charge on any atom is -0.370 e. The molecule has 0 radical (unpaired) electrons. The predicted molar refractivity (Wildman–Crippen MR) is 118 cm³/mol. The summed E-state index contributed by atoms with van der Waals surface area (Å²) in [4.78, 5) is 17.1. The number of thiophene rings is 1. The number of morpholine rings is 1. The van der Waals surface area contributed by atoms with Crippen LogP contribution in [0, 0.1) is 0 Å². The molecule has 7 heteroatoms. The topological polar surface area (TPSA) is 64.4 Å². The summed E-state index contributed by atoms with van der Waals surface area (Å²) in [7, 11) is 0. The monoisotopic (exact) mass is 412 g/mol. The highest BCUT2D eigenvalue weighted by Gasteiger charge is 2.24. The van der Waals surface area contributed by atoms with Gasteiger partial charge in [0.2, 0.25) is 0 Å². The van der Waals surface area contributed by atoms with Crippen molar-refractivity contribution in [3.8, 4) is 0 Å². The minimum absolute atomic E-state index is 0.876. The van der Waals surface area contributed by atoms with Crippen LogP contribution >= 0.6 is 11.3 Å². The average molecular weight is 413 g/mol. The fourth-order valence-electron chi connectivity index (χ4n) is 4.72. The number of fused-ring (bicyclic) bond motifs is 5. The zero-order valence-electron chi connectivity index (χ0n) is 17.2. The maximum Gasteiger partial charge on any atom is 0.147 e. The molecule has 154 valence electrons. The first-order valence-corrected chi connectivity index (χ1v) is 11.9. The Morgan fingerprint density at radius 1 is 1.17 bits per heavy atom. The summed E-state index contributed by atoms with van der Waals surface area (Å²) in [5.41, 5.74) is 5.44. The molecule has 5 rings (SSSR count). The first-order valence-electron chi connectivity index (χ1n) is 11.1. The van der Waals surface area contributed by atoms with E-state index in [9.17, 15) is 0 Å². The van der Waals surface area contributed by atoms with Gasteiger partial charge in [0.05, 0.1) is 36.5 Å². The number of anilines is 1. The van der Waals surface area contributed by atoms with Crippen LogP contribution in [0.1, 0.15) is 43.0 Å². The van der Waals surface area contributed by atoms with E-state index in [0.717, 1.165) is 73.1 Å². The van der Waals surface area contributed by atoms with Crippen molar-refractivity contribution < 1.29 is 9.64 Å². The molecule has 2 N–H and O–H groups in total. The molecule has 1 fully saturated rings. The molecule has 6 nitrogen and oxygen atoms in total. The van der Waals surface area contributed by atoms with Crippen molar-refractivity contribution in [1.29, 1.82) is 0 Å². The van der Waals surface area contributed by atoms with Crippen LogP contribution in [0.4, 0.5) is 5.82 Å². The SMILES string of the molecule is CCCCc1nc2sc3c(NCC[NH+]4CCOCC4)ncnc3c2c2c1CCC2. The van der Waals surface area contributed by atoms with Gasteiger partial charge in [0.25, 0.3) is 0 Å². The molecule has 1 aliphatic carbocycles. The number of nitrogens with one attached hydrogen (secondary N) is 2. The summed E-state index contributed by atoms with van der Waals surface area (Å²) < 4.78 is 6.62. The molecule has 0 unspecified atom stereocenters. The zero-order valence-corrected chi connectivity index (χ0v) is 18.0. The third-order valence-electron chi connectivity index (χ3n) is 6.30. The van der Waals surface area contributed by atoms with Crippen molar-refractivity contribution in [2.45, 2.75) is 45.4 Å². The second-order valence-corrected chi connectivity index (χ2v) is 9.19. The number of ether oxygens (including phenoxy) is 1. The highest BCUT2D eigenvalue weighted by Crippen LogP contribution is 2.41. The predicted octanol–water partition coefficient (Wildman–Crippen LogP) is 2.40. The van der Waals surface area contributed by atoms with Gasteiger partial charge in [-0.2, -0.15) is 0 Å². The highest BCUT2D eigenvalue weighted by molar-refractivity contribution is 7.26. The van der Waals surface area contributed by atoms with E-state index < -0.39 is 0 Å². The molecule has 3 aromatic heterocycles. The molecule has 0 atom stereocenters. The van der Waals surface area contributed by atoms with E-state index in [4.69, 9.17) is 14.7 Å². The van der Waals surface area contributed by atoms with Gasteiger partial charge in [-0.1, -0.05) is 13.3 Å². The molecule has 4 heterocycles. The third-order valence-corrected chi connectivity index (χ3v) is 7.38. The minimum atomic E-state index is 0.876. The van der Waals surface area contributed by atoms with Gasteiger partial charge in [0.1, 0.15) is 30.1 Å². The van der Waals surface area contributed by atoms with Crippen LogP contribution in [0.25, 0.3) is 20.4 Å². The van der Waals surface area contributed by atoms with E-state index in [2.05, 4.69) is 17.2 Å². The van der Waals surface area contributed by atoms with E-state index in [0.29, 0.717) is 0 Å². The van der Waals surface area contributed by atoms with Crippen LogP contribution in [-0.4, -0.2) is 54.3 Å². The van der Waals surface area contributed by atoms with Crippen LogP contribution in [0.3, 0.4) is 0 Å². The lowest BCUT2D eigenvalue weighted by Crippen LogP contribution is -3.14. The Morgan fingerprint density at radius 3 is 2.90 bits per heavy atom. The van der Waals surface area contributed by atoms with Crippen LogP contribution in [0.5, 0.6) is 0 Å². The lowest BCUT2D eigenvalue weighted by atomic mass is 10.0. The Bertz CT molecular complexity index is 1010. The Morgan fingerprint density at radius 2 is 2.03 bits per heavy atom. The molecule has 3 aromatic rings. The largest absolute Gasteiger partial charge is 0.370 e. The quantitative estimate of drug-likeness (QED) is 0.624. The van der Waals surface area contributed by atoms with E-state index in [1.807, 2.05) is 0 Å². The number of nitrogens with zero attached hydrogens (tertiary/aromatic N) is 3. The number of aryl methyl sites for hydroxylation is 2. The van der Waals surface area contributed by atoms with E-state index in [1.54, 1.807) is 22.6 Å². The van der Waals surface area contributed by atoms with Crippen LogP contribution in [-0.2, 0) is 24.0 Å². The van der Waals surface area contributed by atoms with Crippen LogP contribution < -0.4 is 10.2 Å². The summed E-state index contributed by atoms with van der Waals surface area (Å²) in [6, 6.07) is 0. The van der Waals surface area contributed by atoms with E-state index >= 15 is 0 Å². The summed E-state index contributed by atoms with van der Waals surface area (Å²) in [5.74, 6) is 0.965. The standard InChI is InChI=1S/C22H29N5OS/c1-2-3-7-17-15-5-4-6-16(15)18-19-20(29-22(18)26-17)21(25-14-24-19)23-8-9-27-10-12-28-13-11-27/h14H,2-13H2,1H3,(H,23,24,25)/p+1. The van der Waals surface area contributed by atoms with Gasteiger partial charge in [-0.15, -0.1) is 11.3 Å². The Kier molecular flexibility index (Phi) is 5.61. The Hall–Kier alpha value is -1.83. The average Bonchev–Trinajstić information content (AvgIpc) is 3.37. The molecule has 0 aromatic carbocycles. The maximum atomic E-state index is 5.46. The van der Waals surface area contributed by atoms with Crippen molar-refractivity contribution >= 4 is 37.6 Å². The second-order valence-electron chi connectivity index (χ2n) is 8.19. The lowest BCUT2D eigenvalue weighted by Gasteiger charge is -2.23. The molecule has 29 heavy (non-hydrogen) atoms. The third kappa shape index (κ3) is 3.71. The molecule has 0 amide bonds. The summed E-state index contributed by atoms with van der Waals surface area (Å²) in [6.07, 6.45) is 8.82. The molecule has 0 spiro atoms. The Balaban J connectivity index is 1.46. The highest BCUT2D eigenvalue weighted by atomic mass is 32.1. The number of quaternary nitrogens is 1. The number of hydrogen-bond donors (Lipinski definition) is 2. The maximum absolute atomic E-state index is 5.46. The summed E-state index contributed by atoms with van der Waals surface area (Å²) in [5, 5.41) is 4.88. The van der Waals surface area contributed by atoms with Crippen molar-refractivity contribution in [2.24, 2.45) is 0 Å². The van der Waals surface area contributed by atoms with Gasteiger partial charge in [0.15, 0.2) is 0 Å². The van der Waals surface area contributed by atoms with Crippen molar-refractivity contribution in [1.82, 2.24) is 15.0 Å². The normalized spacial score (nSPS) is 17.3. The fraction of sp³-hybridized carbons (Fsp3) is 0.591. The van der Waals surface area contributed by atoms with Crippen molar-refractivity contribution in [3.63, 3.8) is 0 Å². The van der Waals surface area contributed by atoms with Gasteiger partial charge in [0, 0.05) is 11.1 Å². The van der Waals surface area contributed by atoms with Crippen LogP contribution in [0.2, 0.25) is 0 Å². The van der Waals surface area contributed by atoms with Gasteiger partial charge in [-0.25, -0.2) is 15.0 Å². The molecule has 1 aliphatic heterocycles. The summed E-state index contributed by atoms with van der Waals surface area (Å²) >= 11 is 1.76. The van der Waals surface area contributed by atoms with Crippen molar-refractivity contribution in [3.05, 3.63) is 23.1 Å². The summed E-state index contributed by atoms with van der Waals surface area (Å²) in [6.45, 7) is 8.21. The molecular formula is C22H30N5OS+. The number of unbranched alkanes of at least 4 members (excludes halogenated alkanes) is 1. The smallest absolute Gasteiger partial charge is 0.147 e. The van der Waals surface area contributed by atoms with Gasteiger partial charge >= 0.3 is 0 Å². The number of aromatic nitrogens is 3. The Labute approximate surface area is 175 Å². The number of hydrogen-bond acceptors (Lipinski definition) is 6. The van der Waals surface area contributed by atoms with Gasteiger partial charge in [-0.05, 0) is 43.2 Å². The first-order chi connectivity index (χ1) is 14.3. The van der Waals surface area contributed by atoms with Gasteiger partial charge in [-0.3, -0.25) is 0 Å². The molecule has 0 bridgehead atoms. The van der Waals surface area contributed by atoms with Gasteiger partial charge < -0.3 is 15.0 Å². The molecule has 1 saturated heterocycles. The molecule has 0 saturated carbocycles. The molecule has 2 aliphatic rings. The zero-order chi connectivity index (χ0) is 19.6. The van der Waals surface area contributed by atoms with Crippen LogP contribution in [0.15, 0.2) is 6.33 Å². The molecular weight excluding hydrogens is 382 g/mol. The van der Waals surface area contributed by atoms with E-state index in [1.165, 1.54) is 47.9 Å².